The Balaban J connectivity index is 1.74. The van der Waals surface area contributed by atoms with Crippen LogP contribution >= 0.6 is 0 Å². The normalized spacial score (nSPS) is 33.6. The lowest BCUT2D eigenvalue weighted by molar-refractivity contribution is -0.0221. The van der Waals surface area contributed by atoms with Gasteiger partial charge in [0, 0.05) is 11.0 Å². The van der Waals surface area contributed by atoms with Gasteiger partial charge in [0.2, 0.25) is 5.91 Å². The van der Waals surface area contributed by atoms with Gasteiger partial charge in [-0.25, -0.2) is 4.79 Å². The average molecular weight is 383 g/mol. The lowest BCUT2D eigenvalue weighted by Gasteiger charge is -2.52. The molecule has 3 N–H and O–H groups in total. The molecule has 2 aliphatic carbocycles. The first-order valence-corrected chi connectivity index (χ1v) is 9.78. The first-order valence-electron chi connectivity index (χ1n) is 9.78. The van der Waals surface area contributed by atoms with Gasteiger partial charge in [-0.1, -0.05) is 12.0 Å². The van der Waals surface area contributed by atoms with Crippen molar-refractivity contribution in [3.8, 4) is 11.8 Å². The summed E-state index contributed by atoms with van der Waals surface area (Å²) in [7, 11) is 0. The van der Waals surface area contributed by atoms with E-state index in [2.05, 4.69) is 11.8 Å². The summed E-state index contributed by atoms with van der Waals surface area (Å²) in [6.07, 6.45) is 3.29. The van der Waals surface area contributed by atoms with Gasteiger partial charge in [0.25, 0.3) is 0 Å². The van der Waals surface area contributed by atoms with Crippen molar-refractivity contribution >= 4 is 12.1 Å². The molecular formula is C22H25NO5. The molecule has 1 saturated heterocycles. The van der Waals surface area contributed by atoms with E-state index in [1.54, 1.807) is 13.0 Å². The number of rotatable bonds is 3. The Labute approximate surface area is 164 Å². The smallest absolute Gasteiger partial charge is 0.430 e. The fourth-order valence-corrected chi connectivity index (χ4v) is 5.44. The van der Waals surface area contributed by atoms with Crippen molar-refractivity contribution < 1.29 is 24.2 Å². The molecule has 3 aliphatic rings. The molecule has 1 aromatic carbocycles. The monoisotopic (exact) mass is 383 g/mol. The number of primary amides is 1. The molecule has 0 radical (unpaired) electrons. The van der Waals surface area contributed by atoms with Gasteiger partial charge in [0.15, 0.2) is 0 Å². The summed E-state index contributed by atoms with van der Waals surface area (Å²) in [5.74, 6) is 5.63. The van der Waals surface area contributed by atoms with Crippen molar-refractivity contribution in [2.45, 2.75) is 62.6 Å². The molecule has 0 aromatic heterocycles. The molecule has 4 rings (SSSR count). The number of amides is 1. The molecule has 1 amide bonds. The number of aryl methyl sites for hydroxylation is 1. The molecule has 148 valence electrons. The second kappa shape index (κ2) is 6.82. The molecular weight excluding hydrogens is 358 g/mol. The van der Waals surface area contributed by atoms with Crippen LogP contribution in [0.5, 0.6) is 0 Å². The zero-order valence-electron chi connectivity index (χ0n) is 16.0. The van der Waals surface area contributed by atoms with E-state index in [1.807, 2.05) is 12.1 Å². The highest BCUT2D eigenvalue weighted by molar-refractivity contribution is 5.93. The highest BCUT2D eigenvalue weighted by Crippen LogP contribution is 2.55. The van der Waals surface area contributed by atoms with Crippen molar-refractivity contribution in [3.63, 3.8) is 0 Å². The van der Waals surface area contributed by atoms with Gasteiger partial charge >= 0.3 is 6.16 Å². The van der Waals surface area contributed by atoms with E-state index in [1.165, 1.54) is 5.56 Å². The zero-order chi connectivity index (χ0) is 19.9. The van der Waals surface area contributed by atoms with E-state index >= 15 is 0 Å². The fourth-order valence-electron chi connectivity index (χ4n) is 5.44. The number of carbonyl (C=O) groups is 2. The lowest BCUT2D eigenvalue weighted by atomic mass is 9.52. The molecule has 28 heavy (non-hydrogen) atoms. The van der Waals surface area contributed by atoms with Crippen LogP contribution in [0, 0.1) is 17.8 Å². The standard InChI is InChI=1S/C22H25NO5/c1-2-7-21(26)8-9-22(12-17-13-27-20(25)28-17)16(11-21)5-3-14-10-15(19(23)24)4-6-18(14)22/h4,6,10,16-17,26H,3,5,8-9,11-13H2,1H3,(H2,23,24)/t16-,17?,21-,22+/m1/s1. The maximum Gasteiger partial charge on any atom is 0.508 e. The van der Waals surface area contributed by atoms with Crippen LogP contribution in [-0.4, -0.2) is 35.5 Å². The van der Waals surface area contributed by atoms with Crippen molar-refractivity contribution in [1.82, 2.24) is 0 Å². The minimum Gasteiger partial charge on any atom is -0.430 e. The SMILES string of the molecule is CC#C[C@@]1(O)CC[C@@]2(CC3COC(=O)O3)c3ccc(C(N)=O)cc3CC[C@@H]2C1. The summed E-state index contributed by atoms with van der Waals surface area (Å²) in [6.45, 7) is 2.00. The number of cyclic esters (lactones) is 2. The molecule has 6 nitrogen and oxygen atoms in total. The van der Waals surface area contributed by atoms with E-state index < -0.39 is 17.7 Å². The maximum absolute atomic E-state index is 11.6. The van der Waals surface area contributed by atoms with Gasteiger partial charge in [-0.05, 0) is 74.6 Å². The molecule has 1 saturated carbocycles. The Morgan fingerprint density at radius 2 is 2.21 bits per heavy atom. The van der Waals surface area contributed by atoms with Crippen LogP contribution in [-0.2, 0) is 21.3 Å². The molecule has 6 heteroatoms. The van der Waals surface area contributed by atoms with Crippen LogP contribution in [0.1, 0.15) is 60.5 Å². The topological polar surface area (TPSA) is 98.8 Å². The van der Waals surface area contributed by atoms with Gasteiger partial charge in [0.05, 0.1) is 0 Å². The molecule has 2 fully saturated rings. The minimum absolute atomic E-state index is 0.207. The van der Waals surface area contributed by atoms with Gasteiger partial charge in [-0.15, -0.1) is 5.92 Å². The van der Waals surface area contributed by atoms with Crippen molar-refractivity contribution in [2.75, 3.05) is 6.61 Å². The molecule has 1 heterocycles. The van der Waals surface area contributed by atoms with Gasteiger partial charge in [0.1, 0.15) is 18.3 Å². The summed E-state index contributed by atoms with van der Waals surface area (Å²) in [6, 6.07) is 5.66. The van der Waals surface area contributed by atoms with Crippen LogP contribution in [0.4, 0.5) is 4.79 Å². The molecule has 0 spiro atoms. The Morgan fingerprint density at radius 3 is 2.89 bits per heavy atom. The Hall–Kier alpha value is -2.52. The van der Waals surface area contributed by atoms with E-state index in [4.69, 9.17) is 15.2 Å². The van der Waals surface area contributed by atoms with Crippen LogP contribution in [0.3, 0.4) is 0 Å². The number of aliphatic hydroxyl groups is 1. The quantitative estimate of drug-likeness (QED) is 0.617. The van der Waals surface area contributed by atoms with Crippen LogP contribution in [0.15, 0.2) is 18.2 Å². The molecule has 4 atom stereocenters. The number of carbonyl (C=O) groups excluding carboxylic acids is 2. The maximum atomic E-state index is 11.6. The lowest BCUT2D eigenvalue weighted by Crippen LogP contribution is -2.51. The summed E-state index contributed by atoms with van der Waals surface area (Å²) in [5, 5.41) is 10.9. The largest absolute Gasteiger partial charge is 0.508 e. The Morgan fingerprint density at radius 1 is 1.39 bits per heavy atom. The van der Waals surface area contributed by atoms with Crippen molar-refractivity contribution in [2.24, 2.45) is 11.7 Å². The Bertz CT molecular complexity index is 885. The van der Waals surface area contributed by atoms with Gasteiger partial charge in [-0.2, -0.15) is 0 Å². The van der Waals surface area contributed by atoms with Gasteiger partial charge in [-0.3, -0.25) is 4.79 Å². The highest BCUT2D eigenvalue weighted by atomic mass is 16.8. The number of benzene rings is 1. The molecule has 1 aliphatic heterocycles. The molecule has 0 bridgehead atoms. The number of fused-ring (bicyclic) bond motifs is 3. The van der Waals surface area contributed by atoms with E-state index in [9.17, 15) is 14.7 Å². The highest BCUT2D eigenvalue weighted by Gasteiger charge is 2.53. The fraction of sp³-hybridized carbons (Fsp3) is 0.545. The van der Waals surface area contributed by atoms with Crippen LogP contribution in [0.2, 0.25) is 0 Å². The van der Waals surface area contributed by atoms with E-state index in [0.29, 0.717) is 24.8 Å². The van der Waals surface area contributed by atoms with Crippen molar-refractivity contribution in [1.29, 1.82) is 0 Å². The summed E-state index contributed by atoms with van der Waals surface area (Å²) in [4.78, 5) is 23.1. The second-order valence-corrected chi connectivity index (χ2v) is 8.24. The number of hydrogen-bond donors (Lipinski definition) is 2. The first-order chi connectivity index (χ1) is 13.3. The third kappa shape index (κ3) is 3.14. The third-order valence-electron chi connectivity index (χ3n) is 6.64. The number of hydrogen-bond acceptors (Lipinski definition) is 5. The summed E-state index contributed by atoms with van der Waals surface area (Å²) in [5.41, 5.74) is 7.04. The zero-order valence-corrected chi connectivity index (χ0v) is 16.0. The van der Waals surface area contributed by atoms with E-state index in [-0.39, 0.29) is 24.0 Å². The summed E-state index contributed by atoms with van der Waals surface area (Å²) < 4.78 is 10.4. The predicted molar refractivity (Wildman–Crippen MR) is 102 cm³/mol. The molecule has 1 aromatic rings. The van der Waals surface area contributed by atoms with Crippen LogP contribution < -0.4 is 5.73 Å². The number of ether oxygens (including phenoxy) is 2. The minimum atomic E-state index is -0.976. The molecule has 1 unspecified atom stereocenters. The summed E-state index contributed by atoms with van der Waals surface area (Å²) >= 11 is 0. The third-order valence-corrected chi connectivity index (χ3v) is 6.64. The van der Waals surface area contributed by atoms with Crippen LogP contribution in [0.25, 0.3) is 0 Å². The number of nitrogens with two attached hydrogens (primary N) is 1. The second-order valence-electron chi connectivity index (χ2n) is 8.24. The predicted octanol–water partition coefficient (Wildman–Crippen LogP) is 2.45. The van der Waals surface area contributed by atoms with E-state index in [0.717, 1.165) is 24.8 Å². The first kappa shape index (κ1) is 18.8. The Kier molecular flexibility index (Phi) is 4.59. The van der Waals surface area contributed by atoms with Gasteiger partial charge < -0.3 is 20.3 Å². The van der Waals surface area contributed by atoms with Crippen molar-refractivity contribution in [3.05, 3.63) is 34.9 Å². The average Bonchev–Trinajstić information content (AvgIpc) is 3.06.